The lowest BCUT2D eigenvalue weighted by Crippen LogP contribution is -2.43. The van der Waals surface area contributed by atoms with Crippen LogP contribution in [0.1, 0.15) is 40.4 Å². The third-order valence-corrected chi connectivity index (χ3v) is 4.63. The van der Waals surface area contributed by atoms with Crippen LogP contribution in [0.2, 0.25) is 0 Å². The molecule has 3 heteroatoms. The number of halogens is 1. The Labute approximate surface area is 120 Å². The SMILES string of the molecule is Cc1cc(C)c(C(=O)N2CCC(Cl)C(C)C2)c(C)c1. The fourth-order valence-electron chi connectivity index (χ4n) is 2.98. The molecule has 1 aromatic carbocycles. The van der Waals surface area contributed by atoms with Crippen molar-refractivity contribution in [1.82, 2.24) is 4.90 Å². The largest absolute Gasteiger partial charge is 0.338 e. The van der Waals surface area contributed by atoms with Crippen molar-refractivity contribution in [2.45, 2.75) is 39.5 Å². The van der Waals surface area contributed by atoms with Crippen molar-refractivity contribution < 1.29 is 4.79 Å². The van der Waals surface area contributed by atoms with Crippen molar-refractivity contribution in [1.29, 1.82) is 0 Å². The lowest BCUT2D eigenvalue weighted by Gasteiger charge is -2.34. The molecular weight excluding hydrogens is 258 g/mol. The second kappa shape index (κ2) is 5.54. The fourth-order valence-corrected chi connectivity index (χ4v) is 3.15. The summed E-state index contributed by atoms with van der Waals surface area (Å²) in [5.74, 6) is 0.524. The van der Waals surface area contributed by atoms with Crippen molar-refractivity contribution in [3.05, 3.63) is 34.4 Å². The molecule has 2 rings (SSSR count). The summed E-state index contributed by atoms with van der Waals surface area (Å²) in [6, 6.07) is 4.16. The lowest BCUT2D eigenvalue weighted by molar-refractivity contribution is 0.0685. The van der Waals surface area contributed by atoms with Gasteiger partial charge in [-0.15, -0.1) is 11.6 Å². The van der Waals surface area contributed by atoms with Crippen LogP contribution >= 0.6 is 11.6 Å². The molecule has 1 amide bonds. The molecule has 0 N–H and O–H groups in total. The van der Waals surface area contributed by atoms with Gasteiger partial charge in [-0.1, -0.05) is 24.6 Å². The van der Waals surface area contributed by atoms with Gasteiger partial charge in [-0.3, -0.25) is 4.79 Å². The van der Waals surface area contributed by atoms with Crippen molar-refractivity contribution in [3.63, 3.8) is 0 Å². The summed E-state index contributed by atoms with van der Waals surface area (Å²) in [6.45, 7) is 9.75. The number of hydrogen-bond donors (Lipinski definition) is 0. The van der Waals surface area contributed by atoms with E-state index in [4.69, 9.17) is 11.6 Å². The molecule has 1 saturated heterocycles. The Morgan fingerprint density at radius 2 is 1.84 bits per heavy atom. The van der Waals surface area contributed by atoms with E-state index in [0.29, 0.717) is 5.92 Å². The quantitative estimate of drug-likeness (QED) is 0.718. The van der Waals surface area contributed by atoms with E-state index in [1.807, 2.05) is 18.7 Å². The van der Waals surface area contributed by atoms with Crippen LogP contribution in [-0.4, -0.2) is 29.3 Å². The van der Waals surface area contributed by atoms with E-state index in [9.17, 15) is 4.79 Å². The van der Waals surface area contributed by atoms with Gasteiger partial charge in [-0.05, 0) is 44.2 Å². The monoisotopic (exact) mass is 279 g/mol. The van der Waals surface area contributed by atoms with Crippen LogP contribution in [0.5, 0.6) is 0 Å². The number of amides is 1. The predicted octanol–water partition coefficient (Wildman–Crippen LogP) is 3.70. The molecule has 1 aromatic rings. The Balaban J connectivity index is 2.25. The maximum atomic E-state index is 12.7. The zero-order valence-corrected chi connectivity index (χ0v) is 12.9. The zero-order valence-electron chi connectivity index (χ0n) is 12.2. The third-order valence-electron chi connectivity index (χ3n) is 3.98. The molecule has 1 aliphatic heterocycles. The first kappa shape index (κ1) is 14.4. The number of likely N-dealkylation sites (tertiary alicyclic amines) is 1. The highest BCUT2D eigenvalue weighted by Crippen LogP contribution is 2.25. The molecule has 2 unspecified atom stereocenters. The van der Waals surface area contributed by atoms with Crippen LogP contribution in [0, 0.1) is 26.7 Å². The molecule has 2 nitrogen and oxygen atoms in total. The number of hydrogen-bond acceptors (Lipinski definition) is 1. The maximum Gasteiger partial charge on any atom is 0.254 e. The van der Waals surface area contributed by atoms with Crippen molar-refractivity contribution in [2.75, 3.05) is 13.1 Å². The minimum Gasteiger partial charge on any atom is -0.338 e. The average molecular weight is 280 g/mol. The van der Waals surface area contributed by atoms with E-state index in [-0.39, 0.29) is 11.3 Å². The normalized spacial score (nSPS) is 23.5. The molecule has 1 fully saturated rings. The standard InChI is InChI=1S/C16H22ClNO/c1-10-7-11(2)15(12(3)8-10)16(19)18-6-5-14(17)13(4)9-18/h7-8,13-14H,5-6,9H2,1-4H3. The number of carbonyl (C=O) groups is 1. The van der Waals surface area contributed by atoms with Gasteiger partial charge in [0.2, 0.25) is 0 Å². The van der Waals surface area contributed by atoms with E-state index >= 15 is 0 Å². The predicted molar refractivity (Wildman–Crippen MR) is 80.0 cm³/mol. The van der Waals surface area contributed by atoms with E-state index in [2.05, 4.69) is 26.0 Å². The minimum atomic E-state index is 0.158. The van der Waals surface area contributed by atoms with Gasteiger partial charge in [0.05, 0.1) is 0 Å². The van der Waals surface area contributed by atoms with Gasteiger partial charge in [-0.2, -0.15) is 0 Å². The number of benzene rings is 1. The van der Waals surface area contributed by atoms with Crippen LogP contribution in [0.25, 0.3) is 0 Å². The Morgan fingerprint density at radius 3 is 2.37 bits per heavy atom. The molecule has 0 bridgehead atoms. The van der Waals surface area contributed by atoms with Crippen LogP contribution in [0.4, 0.5) is 0 Å². The smallest absolute Gasteiger partial charge is 0.254 e. The molecule has 0 saturated carbocycles. The van der Waals surface area contributed by atoms with Crippen molar-refractivity contribution >= 4 is 17.5 Å². The summed E-state index contributed by atoms with van der Waals surface area (Å²) >= 11 is 6.23. The molecule has 1 heterocycles. The van der Waals surface area contributed by atoms with Crippen molar-refractivity contribution in [3.8, 4) is 0 Å². The average Bonchev–Trinajstić information content (AvgIpc) is 2.31. The van der Waals surface area contributed by atoms with Gasteiger partial charge in [0.25, 0.3) is 5.91 Å². The Morgan fingerprint density at radius 1 is 1.26 bits per heavy atom. The first-order valence-electron chi connectivity index (χ1n) is 6.91. The number of alkyl halides is 1. The van der Waals surface area contributed by atoms with Gasteiger partial charge in [0.15, 0.2) is 0 Å². The second-order valence-electron chi connectivity index (χ2n) is 5.81. The van der Waals surface area contributed by atoms with Crippen LogP contribution in [0.15, 0.2) is 12.1 Å². The molecule has 0 radical (unpaired) electrons. The highest BCUT2D eigenvalue weighted by molar-refractivity contribution is 6.20. The van der Waals surface area contributed by atoms with Crippen LogP contribution < -0.4 is 0 Å². The van der Waals surface area contributed by atoms with Gasteiger partial charge in [0.1, 0.15) is 0 Å². The summed E-state index contributed by atoms with van der Waals surface area (Å²) in [5.41, 5.74) is 4.22. The van der Waals surface area contributed by atoms with E-state index in [1.54, 1.807) is 0 Å². The Bertz CT molecular complexity index is 475. The number of nitrogens with zero attached hydrogens (tertiary/aromatic N) is 1. The minimum absolute atomic E-state index is 0.158. The third kappa shape index (κ3) is 2.94. The molecule has 19 heavy (non-hydrogen) atoms. The van der Waals surface area contributed by atoms with E-state index < -0.39 is 0 Å². The Kier molecular flexibility index (Phi) is 4.19. The zero-order chi connectivity index (χ0) is 14.2. The summed E-state index contributed by atoms with van der Waals surface area (Å²) in [7, 11) is 0. The Hall–Kier alpha value is -1.02. The highest BCUT2D eigenvalue weighted by Gasteiger charge is 2.29. The molecule has 1 aliphatic rings. The summed E-state index contributed by atoms with van der Waals surface area (Å²) in [5, 5.41) is 0.198. The molecule has 104 valence electrons. The molecule has 2 atom stereocenters. The number of rotatable bonds is 1. The van der Waals surface area contributed by atoms with Gasteiger partial charge < -0.3 is 4.90 Å². The summed E-state index contributed by atoms with van der Waals surface area (Å²) in [4.78, 5) is 14.6. The number of aryl methyl sites for hydroxylation is 3. The molecule has 0 aliphatic carbocycles. The second-order valence-corrected chi connectivity index (χ2v) is 6.37. The van der Waals surface area contributed by atoms with Gasteiger partial charge in [0, 0.05) is 24.0 Å². The highest BCUT2D eigenvalue weighted by atomic mass is 35.5. The first-order valence-corrected chi connectivity index (χ1v) is 7.35. The van der Waals surface area contributed by atoms with E-state index in [1.165, 1.54) is 5.56 Å². The van der Waals surface area contributed by atoms with Crippen LogP contribution in [0.3, 0.4) is 0 Å². The lowest BCUT2D eigenvalue weighted by atomic mass is 9.95. The summed E-state index contributed by atoms with van der Waals surface area (Å²) in [6.07, 6.45) is 0.887. The first-order chi connectivity index (χ1) is 8.90. The van der Waals surface area contributed by atoms with Gasteiger partial charge in [-0.25, -0.2) is 0 Å². The molecule has 0 spiro atoms. The van der Waals surface area contributed by atoms with Crippen LogP contribution in [-0.2, 0) is 0 Å². The number of piperidine rings is 1. The molecular formula is C16H22ClNO. The number of carbonyl (C=O) groups excluding carboxylic acids is 1. The topological polar surface area (TPSA) is 20.3 Å². The van der Waals surface area contributed by atoms with E-state index in [0.717, 1.165) is 36.2 Å². The summed E-state index contributed by atoms with van der Waals surface area (Å²) < 4.78 is 0. The maximum absolute atomic E-state index is 12.7. The fraction of sp³-hybridized carbons (Fsp3) is 0.562. The molecule has 0 aromatic heterocycles. The van der Waals surface area contributed by atoms with Crippen molar-refractivity contribution in [2.24, 2.45) is 5.92 Å². The van der Waals surface area contributed by atoms with Gasteiger partial charge >= 0.3 is 0 Å².